The zero-order chi connectivity index (χ0) is 18.7. The quantitative estimate of drug-likeness (QED) is 0.677. The van der Waals surface area contributed by atoms with Crippen molar-refractivity contribution in [3.63, 3.8) is 0 Å². The summed E-state index contributed by atoms with van der Waals surface area (Å²) < 4.78 is 29.3. The van der Waals surface area contributed by atoms with E-state index in [9.17, 15) is 8.42 Å². The molecule has 2 heterocycles. The maximum atomic E-state index is 13.1. The van der Waals surface area contributed by atoms with Crippen LogP contribution in [0.25, 0.3) is 11.0 Å². The highest BCUT2D eigenvalue weighted by Crippen LogP contribution is 2.22. The Labute approximate surface area is 153 Å². The van der Waals surface area contributed by atoms with E-state index in [4.69, 9.17) is 5.73 Å². The number of nitrogens with two attached hydrogens (primary N) is 1. The number of hydrogen-bond acceptors (Lipinski definition) is 5. The molecule has 0 fully saturated rings. The van der Waals surface area contributed by atoms with Gasteiger partial charge in [0, 0.05) is 38.3 Å². The molecule has 0 saturated heterocycles. The lowest BCUT2D eigenvalue weighted by atomic mass is 10.1. The average molecular weight is 373 g/mol. The molecule has 26 heavy (non-hydrogen) atoms. The number of fused-ring (bicyclic) bond motifs is 1. The molecule has 3 rings (SSSR count). The molecular weight excluding hydrogens is 350 g/mol. The molecule has 1 aromatic carbocycles. The van der Waals surface area contributed by atoms with Crippen molar-refractivity contribution < 1.29 is 8.42 Å². The van der Waals surface area contributed by atoms with Gasteiger partial charge in [-0.3, -0.25) is 4.68 Å². The van der Waals surface area contributed by atoms with Crippen LogP contribution in [0.5, 0.6) is 0 Å². The Hall–Kier alpha value is -2.29. The highest BCUT2D eigenvalue weighted by molar-refractivity contribution is 7.89. The van der Waals surface area contributed by atoms with Crippen LogP contribution in [0.15, 0.2) is 47.5 Å². The first-order valence-electron chi connectivity index (χ1n) is 8.47. The van der Waals surface area contributed by atoms with E-state index in [2.05, 4.69) is 10.1 Å². The monoisotopic (exact) mass is 373 g/mol. The standard InChI is InChI=1S/C18H23N5O2S/c1-14-17-12-16(13-20-18(17)22(2)21-14)26(24,25)23(11-9-19)10-8-15-6-4-3-5-7-15/h3-7,12-13H,8-11,19H2,1-2H3. The summed E-state index contributed by atoms with van der Waals surface area (Å²) in [5.74, 6) is 0. The lowest BCUT2D eigenvalue weighted by Gasteiger charge is -2.21. The van der Waals surface area contributed by atoms with Crippen LogP contribution in [0.4, 0.5) is 0 Å². The molecule has 0 unspecified atom stereocenters. The van der Waals surface area contributed by atoms with Gasteiger partial charge in [0.15, 0.2) is 5.65 Å². The molecule has 0 spiro atoms. The van der Waals surface area contributed by atoms with Crippen molar-refractivity contribution in [2.75, 3.05) is 19.6 Å². The first-order valence-corrected chi connectivity index (χ1v) is 9.91. The molecule has 8 heteroatoms. The molecule has 0 atom stereocenters. The number of aromatic nitrogens is 3. The third kappa shape index (κ3) is 3.62. The molecule has 0 aliphatic carbocycles. The van der Waals surface area contributed by atoms with Gasteiger partial charge in [-0.2, -0.15) is 9.40 Å². The summed E-state index contributed by atoms with van der Waals surface area (Å²) in [5, 5.41) is 5.04. The first kappa shape index (κ1) is 18.5. The van der Waals surface area contributed by atoms with Crippen molar-refractivity contribution in [3.8, 4) is 0 Å². The predicted molar refractivity (Wildman–Crippen MR) is 101 cm³/mol. The number of nitrogens with zero attached hydrogens (tertiary/aromatic N) is 4. The van der Waals surface area contributed by atoms with Crippen LogP contribution in [0.1, 0.15) is 11.3 Å². The van der Waals surface area contributed by atoms with Gasteiger partial charge in [-0.25, -0.2) is 13.4 Å². The van der Waals surface area contributed by atoms with Gasteiger partial charge >= 0.3 is 0 Å². The van der Waals surface area contributed by atoms with Gasteiger partial charge in [-0.15, -0.1) is 0 Å². The molecule has 2 N–H and O–H groups in total. The fourth-order valence-corrected chi connectivity index (χ4v) is 4.40. The van der Waals surface area contributed by atoms with Gasteiger partial charge in [0.25, 0.3) is 0 Å². The lowest BCUT2D eigenvalue weighted by Crippen LogP contribution is -2.37. The number of benzene rings is 1. The van der Waals surface area contributed by atoms with Crippen LogP contribution in [-0.4, -0.2) is 47.1 Å². The van der Waals surface area contributed by atoms with Crippen LogP contribution in [0.2, 0.25) is 0 Å². The molecule has 0 radical (unpaired) electrons. The van der Waals surface area contributed by atoms with Gasteiger partial charge < -0.3 is 5.73 Å². The van der Waals surface area contributed by atoms with Crippen molar-refractivity contribution in [2.45, 2.75) is 18.2 Å². The number of sulfonamides is 1. The molecule has 0 aliphatic rings. The molecule has 0 saturated carbocycles. The minimum atomic E-state index is -3.68. The van der Waals surface area contributed by atoms with E-state index in [1.165, 1.54) is 10.5 Å². The number of pyridine rings is 1. The van der Waals surface area contributed by atoms with E-state index < -0.39 is 10.0 Å². The van der Waals surface area contributed by atoms with Crippen LogP contribution in [-0.2, 0) is 23.5 Å². The van der Waals surface area contributed by atoms with Gasteiger partial charge in [0.2, 0.25) is 10.0 Å². The summed E-state index contributed by atoms with van der Waals surface area (Å²) in [6.07, 6.45) is 2.02. The molecule has 138 valence electrons. The molecule has 0 amide bonds. The molecular formula is C18H23N5O2S. The van der Waals surface area contributed by atoms with E-state index in [1.807, 2.05) is 37.3 Å². The maximum Gasteiger partial charge on any atom is 0.244 e. The van der Waals surface area contributed by atoms with E-state index >= 15 is 0 Å². The van der Waals surface area contributed by atoms with Crippen LogP contribution in [0, 0.1) is 6.92 Å². The predicted octanol–water partition coefficient (Wildman–Crippen LogP) is 1.47. The van der Waals surface area contributed by atoms with Crippen LogP contribution in [0.3, 0.4) is 0 Å². The normalized spacial score (nSPS) is 12.2. The Morgan fingerprint density at radius 3 is 2.62 bits per heavy atom. The zero-order valence-electron chi connectivity index (χ0n) is 15.0. The fourth-order valence-electron chi connectivity index (χ4n) is 2.97. The maximum absolute atomic E-state index is 13.1. The highest BCUT2D eigenvalue weighted by Gasteiger charge is 2.25. The van der Waals surface area contributed by atoms with Crippen molar-refractivity contribution >= 4 is 21.1 Å². The molecule has 3 aromatic rings. The summed E-state index contributed by atoms with van der Waals surface area (Å²) >= 11 is 0. The minimum absolute atomic E-state index is 0.169. The Morgan fingerprint density at radius 1 is 1.19 bits per heavy atom. The van der Waals surface area contributed by atoms with E-state index in [-0.39, 0.29) is 18.0 Å². The second-order valence-corrected chi connectivity index (χ2v) is 8.12. The van der Waals surface area contributed by atoms with E-state index in [0.29, 0.717) is 18.6 Å². The van der Waals surface area contributed by atoms with Gasteiger partial charge in [-0.05, 0) is 25.0 Å². The van der Waals surface area contributed by atoms with E-state index in [1.54, 1.807) is 17.8 Å². The smallest absolute Gasteiger partial charge is 0.244 e. The van der Waals surface area contributed by atoms with E-state index in [0.717, 1.165) is 16.6 Å². The summed E-state index contributed by atoms with van der Waals surface area (Å²) in [6, 6.07) is 11.4. The Morgan fingerprint density at radius 2 is 1.92 bits per heavy atom. The molecule has 0 aliphatic heterocycles. The molecule has 0 bridgehead atoms. The second-order valence-electron chi connectivity index (χ2n) is 6.18. The number of hydrogen-bond donors (Lipinski definition) is 1. The summed E-state index contributed by atoms with van der Waals surface area (Å²) in [4.78, 5) is 4.46. The highest BCUT2D eigenvalue weighted by atomic mass is 32.2. The van der Waals surface area contributed by atoms with Crippen molar-refractivity contribution in [1.29, 1.82) is 0 Å². The summed E-state index contributed by atoms with van der Waals surface area (Å²) in [6.45, 7) is 2.73. The van der Waals surface area contributed by atoms with Crippen molar-refractivity contribution in [2.24, 2.45) is 12.8 Å². The Bertz CT molecular complexity index is 999. The molecule has 7 nitrogen and oxygen atoms in total. The third-order valence-corrected chi connectivity index (χ3v) is 6.21. The van der Waals surface area contributed by atoms with Crippen molar-refractivity contribution in [1.82, 2.24) is 19.1 Å². The average Bonchev–Trinajstić information content (AvgIpc) is 2.93. The topological polar surface area (TPSA) is 94.1 Å². The first-order chi connectivity index (χ1) is 12.4. The SMILES string of the molecule is Cc1nn(C)c2ncc(S(=O)(=O)N(CCN)CCc3ccccc3)cc12. The molecule has 2 aromatic heterocycles. The van der Waals surface area contributed by atoms with Gasteiger partial charge in [0.05, 0.1) is 5.69 Å². The van der Waals surface area contributed by atoms with Crippen LogP contribution >= 0.6 is 0 Å². The van der Waals surface area contributed by atoms with Crippen LogP contribution < -0.4 is 5.73 Å². The lowest BCUT2D eigenvalue weighted by molar-refractivity contribution is 0.421. The van der Waals surface area contributed by atoms with Crippen molar-refractivity contribution in [3.05, 3.63) is 53.9 Å². The third-order valence-electron chi connectivity index (χ3n) is 4.35. The number of aryl methyl sites for hydroxylation is 2. The largest absolute Gasteiger partial charge is 0.329 e. The number of rotatable bonds is 7. The Balaban J connectivity index is 1.91. The second kappa shape index (κ2) is 7.53. The summed E-state index contributed by atoms with van der Waals surface area (Å²) in [7, 11) is -1.89. The summed E-state index contributed by atoms with van der Waals surface area (Å²) in [5.41, 5.74) is 8.16. The Kier molecular flexibility index (Phi) is 5.36. The minimum Gasteiger partial charge on any atom is -0.329 e. The zero-order valence-corrected chi connectivity index (χ0v) is 15.8. The van der Waals surface area contributed by atoms with Gasteiger partial charge in [0.1, 0.15) is 4.90 Å². The fraction of sp³-hybridized carbons (Fsp3) is 0.333. The van der Waals surface area contributed by atoms with Gasteiger partial charge in [-0.1, -0.05) is 30.3 Å².